The van der Waals surface area contributed by atoms with E-state index in [9.17, 15) is 9.90 Å². The highest BCUT2D eigenvalue weighted by molar-refractivity contribution is 5.88. The highest BCUT2D eigenvalue weighted by Crippen LogP contribution is 2.17. The first-order valence-corrected chi connectivity index (χ1v) is 9.94. The monoisotopic (exact) mass is 355 g/mol. The van der Waals surface area contributed by atoms with Crippen LogP contribution in [0.15, 0.2) is 29.4 Å². The minimum Gasteiger partial charge on any atom is -0.465 e. The van der Waals surface area contributed by atoms with Gasteiger partial charge in [-0.3, -0.25) is 0 Å². The van der Waals surface area contributed by atoms with Gasteiger partial charge in [0.05, 0.1) is 12.1 Å². The number of hydrogen-bond donors (Lipinski definition) is 1. The molecule has 0 saturated carbocycles. The molecular formula is C22H31N2O2+. The number of amides is 1. The van der Waals surface area contributed by atoms with Crippen molar-refractivity contribution in [3.8, 4) is 0 Å². The Morgan fingerprint density at radius 2 is 1.77 bits per heavy atom. The van der Waals surface area contributed by atoms with E-state index in [4.69, 9.17) is 0 Å². The first-order chi connectivity index (χ1) is 12.7. The smallest absolute Gasteiger partial charge is 0.407 e. The molecule has 0 atom stereocenters. The van der Waals surface area contributed by atoms with Crippen molar-refractivity contribution in [2.75, 3.05) is 6.54 Å². The normalized spacial score (nSPS) is 11.9. The maximum atomic E-state index is 11.5. The molecule has 140 valence electrons. The highest BCUT2D eigenvalue weighted by atomic mass is 16.4. The molecule has 26 heavy (non-hydrogen) atoms. The van der Waals surface area contributed by atoms with Gasteiger partial charge in [0.2, 0.25) is 0 Å². The Hall–Kier alpha value is -2.19. The van der Waals surface area contributed by atoms with Crippen molar-refractivity contribution in [3.05, 3.63) is 41.1 Å². The summed E-state index contributed by atoms with van der Waals surface area (Å²) in [5.41, 5.74) is 3.01. The van der Waals surface area contributed by atoms with E-state index in [1.54, 1.807) is 6.20 Å². The summed E-state index contributed by atoms with van der Waals surface area (Å²) >= 11 is 0. The molecule has 1 aliphatic rings. The number of nitrogens with zero attached hydrogens (tertiary/aromatic N) is 2. The summed E-state index contributed by atoms with van der Waals surface area (Å²) in [6, 6.07) is 5.95. The second-order valence-electron chi connectivity index (χ2n) is 7.01. The van der Waals surface area contributed by atoms with Crippen molar-refractivity contribution in [1.29, 1.82) is 0 Å². The van der Waals surface area contributed by atoms with E-state index in [0.29, 0.717) is 13.1 Å². The van der Waals surface area contributed by atoms with Crippen LogP contribution in [0.1, 0.15) is 81.4 Å². The van der Waals surface area contributed by atoms with E-state index in [1.165, 1.54) is 49.8 Å². The molecule has 1 aromatic carbocycles. The topological polar surface area (TPSA) is 52.9 Å². The molecule has 1 aliphatic heterocycles. The molecule has 0 radical (unpaired) electrons. The fraction of sp³-hybridized carbons (Fsp3) is 0.545. The highest BCUT2D eigenvalue weighted by Gasteiger charge is 2.16. The number of rotatable bonds is 12. The summed E-state index contributed by atoms with van der Waals surface area (Å²) in [6.45, 7) is 3.28. The van der Waals surface area contributed by atoms with E-state index < -0.39 is 6.09 Å². The zero-order valence-corrected chi connectivity index (χ0v) is 15.9. The molecule has 4 heteroatoms. The molecule has 1 amide bonds. The van der Waals surface area contributed by atoms with E-state index >= 15 is 0 Å². The average molecular weight is 356 g/mol. The number of benzene rings is 1. The molecule has 0 spiro atoms. The predicted octanol–water partition coefficient (Wildman–Crippen LogP) is 5.98. The van der Waals surface area contributed by atoms with Gasteiger partial charge in [0.15, 0.2) is 5.56 Å². The minimum atomic E-state index is -0.842. The lowest BCUT2D eigenvalue weighted by molar-refractivity contribution is 0.141. The van der Waals surface area contributed by atoms with Crippen molar-refractivity contribution in [2.45, 2.75) is 71.3 Å². The van der Waals surface area contributed by atoms with Gasteiger partial charge >= 0.3 is 6.09 Å². The molecule has 0 aliphatic carbocycles. The fourth-order valence-corrected chi connectivity index (χ4v) is 3.25. The first-order valence-electron chi connectivity index (χ1n) is 9.94. The van der Waals surface area contributed by atoms with Crippen molar-refractivity contribution in [3.63, 3.8) is 0 Å². The summed E-state index contributed by atoms with van der Waals surface area (Å²) in [4.78, 5) is 17.1. The van der Waals surface area contributed by atoms with E-state index in [1.807, 2.05) is 24.3 Å². The molecule has 0 unspecified atom stereocenters. The van der Waals surface area contributed by atoms with Gasteiger partial charge < -0.3 is 10.0 Å². The molecule has 2 rings (SSSR count). The Labute approximate surface area is 157 Å². The molecule has 1 N–H and O–H groups in total. The molecule has 1 heterocycles. The third kappa shape index (κ3) is 6.97. The van der Waals surface area contributed by atoms with E-state index in [0.717, 1.165) is 29.5 Å². The third-order valence-corrected chi connectivity index (χ3v) is 4.81. The zero-order chi connectivity index (χ0) is 18.6. The molecule has 1 aromatic rings. The third-order valence-electron chi connectivity index (χ3n) is 4.81. The van der Waals surface area contributed by atoms with Crippen LogP contribution in [0.3, 0.4) is 0 Å². The number of unbranched alkanes of at least 4 members (excludes halogenated alkanes) is 8. The summed E-state index contributed by atoms with van der Waals surface area (Å²) in [5.74, 6) is 0. The van der Waals surface area contributed by atoms with Crippen LogP contribution >= 0.6 is 0 Å². The predicted molar refractivity (Wildman–Crippen MR) is 108 cm³/mol. The summed E-state index contributed by atoms with van der Waals surface area (Å²) in [6.07, 6.45) is 16.9. The summed E-state index contributed by atoms with van der Waals surface area (Å²) < 4.78 is 0. The van der Waals surface area contributed by atoms with Crippen LogP contribution in [0.4, 0.5) is 4.79 Å². The van der Waals surface area contributed by atoms with Gasteiger partial charge in [-0.2, -0.15) is 0 Å². The molecule has 0 aromatic heterocycles. The maximum Gasteiger partial charge on any atom is 0.407 e. The molecular weight excluding hydrogens is 324 g/mol. The van der Waals surface area contributed by atoms with Crippen molar-refractivity contribution in [2.24, 2.45) is 4.99 Å². The Morgan fingerprint density at radius 1 is 1.08 bits per heavy atom. The quantitative estimate of drug-likeness (QED) is 0.370. The van der Waals surface area contributed by atoms with Crippen molar-refractivity contribution >= 4 is 18.4 Å². The van der Waals surface area contributed by atoms with Gasteiger partial charge in [0.1, 0.15) is 12.4 Å². The molecule has 4 nitrogen and oxygen atoms in total. The number of hydrogen-bond acceptors (Lipinski definition) is 2. The van der Waals surface area contributed by atoms with Gasteiger partial charge in [-0.25, -0.2) is 4.79 Å². The van der Waals surface area contributed by atoms with E-state index in [-0.39, 0.29) is 0 Å². The van der Waals surface area contributed by atoms with Gasteiger partial charge in [-0.1, -0.05) is 58.3 Å². The van der Waals surface area contributed by atoms with Gasteiger partial charge in [0, 0.05) is 18.7 Å². The number of aliphatic imine (C=N–C) groups is 1. The zero-order valence-electron chi connectivity index (χ0n) is 15.9. The van der Waals surface area contributed by atoms with Crippen molar-refractivity contribution in [1.82, 2.24) is 4.90 Å². The van der Waals surface area contributed by atoms with Crippen LogP contribution in [0, 0.1) is 0 Å². The van der Waals surface area contributed by atoms with Gasteiger partial charge in [-0.15, -0.1) is 4.99 Å². The Kier molecular flexibility index (Phi) is 8.85. The molecule has 0 fully saturated rings. The van der Waals surface area contributed by atoms with E-state index in [2.05, 4.69) is 18.1 Å². The molecule has 0 saturated heterocycles. The van der Waals surface area contributed by atoms with Gasteiger partial charge in [-0.05, 0) is 24.1 Å². The minimum absolute atomic E-state index is 0.435. The van der Waals surface area contributed by atoms with Crippen LogP contribution < -0.4 is 0 Å². The Morgan fingerprint density at radius 3 is 2.46 bits per heavy atom. The summed E-state index contributed by atoms with van der Waals surface area (Å²) in [5, 5.41) is 9.48. The number of carbonyl (C=O) groups is 1. The second-order valence-corrected chi connectivity index (χ2v) is 7.01. The Bertz CT molecular complexity index is 623. The summed E-state index contributed by atoms with van der Waals surface area (Å²) in [7, 11) is 0. The van der Waals surface area contributed by atoms with Crippen LogP contribution in [0.25, 0.3) is 6.08 Å². The standard InChI is InChI=1S/C22H30N2O2/c1-2-3-4-5-6-7-8-9-10-15-24(22(25)26)18-19-11-12-21-17-23-14-13-20(21)16-19/h11-14,16H,2-10,15,18H2,1H3/p+1. The first kappa shape index (κ1) is 20.1. The largest absolute Gasteiger partial charge is 0.465 e. The molecule has 0 bridgehead atoms. The lowest BCUT2D eigenvalue weighted by Gasteiger charge is -2.19. The SMILES string of the molecule is CCCCCCCCCCCN(Cc1ccc2c(c1)C=CN=[C+]2)C(=O)O. The maximum absolute atomic E-state index is 11.5. The van der Waals surface area contributed by atoms with Crippen LogP contribution in [-0.4, -0.2) is 28.9 Å². The van der Waals surface area contributed by atoms with Crippen molar-refractivity contribution < 1.29 is 9.90 Å². The van der Waals surface area contributed by atoms with Crippen LogP contribution in [0.5, 0.6) is 0 Å². The second kappa shape index (κ2) is 11.4. The van der Waals surface area contributed by atoms with Crippen LogP contribution in [-0.2, 0) is 6.54 Å². The fourth-order valence-electron chi connectivity index (χ4n) is 3.25. The number of carboxylic acid groups (broad SMARTS) is 1. The van der Waals surface area contributed by atoms with Crippen LogP contribution in [0.2, 0.25) is 0 Å². The lowest BCUT2D eigenvalue weighted by Crippen LogP contribution is -2.30. The van der Waals surface area contributed by atoms with Gasteiger partial charge in [0.25, 0.3) is 0 Å². The lowest BCUT2D eigenvalue weighted by atomic mass is 10.0. The number of fused-ring (bicyclic) bond motifs is 1. The average Bonchev–Trinajstić information content (AvgIpc) is 2.65. The Balaban J connectivity index is 1.70.